The van der Waals surface area contributed by atoms with Gasteiger partial charge in [0.1, 0.15) is 5.82 Å². The molecule has 130 valence electrons. The monoisotopic (exact) mass is 359 g/mol. The fourth-order valence-electron chi connectivity index (χ4n) is 2.53. The number of aromatic nitrogens is 4. The van der Waals surface area contributed by atoms with Crippen LogP contribution in [-0.2, 0) is 11.3 Å². The fourth-order valence-corrected chi connectivity index (χ4v) is 3.45. The fraction of sp³-hybridized carbons (Fsp3) is 0.294. The standard InChI is InChI=1S/C17H18FN5OS/c1-11-7-12(2)23-16(19-11)20-21-17(23)25-10-15(24)22(3)9-13-5-4-6-14(18)8-13/h4-8H,9-10H2,1-3H3. The molecule has 8 heteroatoms. The third-order valence-corrected chi connectivity index (χ3v) is 4.64. The van der Waals surface area contributed by atoms with E-state index in [9.17, 15) is 9.18 Å². The van der Waals surface area contributed by atoms with Crippen LogP contribution in [0.4, 0.5) is 4.39 Å². The van der Waals surface area contributed by atoms with Crippen molar-refractivity contribution >= 4 is 23.4 Å². The van der Waals surface area contributed by atoms with Crippen LogP contribution in [0.15, 0.2) is 35.5 Å². The maximum absolute atomic E-state index is 13.2. The first-order valence-electron chi connectivity index (χ1n) is 7.74. The lowest BCUT2D eigenvalue weighted by Gasteiger charge is -2.17. The first-order valence-corrected chi connectivity index (χ1v) is 8.73. The first kappa shape index (κ1) is 17.3. The van der Waals surface area contributed by atoms with E-state index in [1.165, 1.54) is 23.9 Å². The van der Waals surface area contributed by atoms with Gasteiger partial charge in [-0.05, 0) is 37.6 Å². The summed E-state index contributed by atoms with van der Waals surface area (Å²) in [6, 6.07) is 8.19. The number of amides is 1. The molecule has 0 saturated carbocycles. The molecule has 1 amide bonds. The van der Waals surface area contributed by atoms with E-state index in [2.05, 4.69) is 15.2 Å². The number of nitrogens with zero attached hydrogens (tertiary/aromatic N) is 5. The largest absolute Gasteiger partial charge is 0.341 e. The van der Waals surface area contributed by atoms with E-state index in [-0.39, 0.29) is 17.5 Å². The second kappa shape index (κ2) is 7.18. The molecule has 25 heavy (non-hydrogen) atoms. The molecule has 0 unspecified atom stereocenters. The number of thioether (sulfide) groups is 1. The Morgan fingerprint density at radius 1 is 1.28 bits per heavy atom. The second-order valence-corrected chi connectivity index (χ2v) is 6.77. The number of rotatable bonds is 5. The lowest BCUT2D eigenvalue weighted by atomic mass is 10.2. The summed E-state index contributed by atoms with van der Waals surface area (Å²) in [7, 11) is 1.70. The molecular weight excluding hydrogens is 341 g/mol. The van der Waals surface area contributed by atoms with E-state index in [4.69, 9.17) is 0 Å². The zero-order valence-electron chi connectivity index (χ0n) is 14.2. The summed E-state index contributed by atoms with van der Waals surface area (Å²) in [5.74, 6) is 0.380. The van der Waals surface area contributed by atoms with Gasteiger partial charge >= 0.3 is 0 Å². The smallest absolute Gasteiger partial charge is 0.256 e. The van der Waals surface area contributed by atoms with Crippen molar-refractivity contribution < 1.29 is 9.18 Å². The summed E-state index contributed by atoms with van der Waals surface area (Å²) in [5, 5.41) is 8.80. The summed E-state index contributed by atoms with van der Waals surface area (Å²) in [5.41, 5.74) is 2.60. The third kappa shape index (κ3) is 3.96. The van der Waals surface area contributed by atoms with Gasteiger partial charge in [-0.1, -0.05) is 23.9 Å². The zero-order chi connectivity index (χ0) is 18.0. The van der Waals surface area contributed by atoms with Crippen LogP contribution >= 0.6 is 11.8 Å². The highest BCUT2D eigenvalue weighted by atomic mass is 32.2. The highest BCUT2D eigenvalue weighted by Crippen LogP contribution is 2.19. The SMILES string of the molecule is Cc1cc(C)n2c(SCC(=O)N(C)Cc3cccc(F)c3)nnc2n1. The molecule has 0 aliphatic rings. The third-order valence-electron chi connectivity index (χ3n) is 3.72. The van der Waals surface area contributed by atoms with Crippen LogP contribution < -0.4 is 0 Å². The molecule has 3 aromatic rings. The Labute approximate surface area is 149 Å². The van der Waals surface area contributed by atoms with Gasteiger partial charge in [0.05, 0.1) is 5.75 Å². The summed E-state index contributed by atoms with van der Waals surface area (Å²) >= 11 is 1.31. The minimum Gasteiger partial charge on any atom is -0.341 e. The number of fused-ring (bicyclic) bond motifs is 1. The number of carbonyl (C=O) groups is 1. The highest BCUT2D eigenvalue weighted by molar-refractivity contribution is 7.99. The lowest BCUT2D eigenvalue weighted by Crippen LogP contribution is -2.27. The number of hydrogen-bond acceptors (Lipinski definition) is 5. The van der Waals surface area contributed by atoms with Crippen LogP contribution in [0.5, 0.6) is 0 Å². The van der Waals surface area contributed by atoms with Crippen molar-refractivity contribution in [1.29, 1.82) is 0 Å². The first-order chi connectivity index (χ1) is 11.9. The van der Waals surface area contributed by atoms with Gasteiger partial charge in [0.15, 0.2) is 5.16 Å². The van der Waals surface area contributed by atoms with Crippen molar-refractivity contribution in [2.45, 2.75) is 25.5 Å². The Kier molecular flexibility index (Phi) is 4.98. The Morgan fingerprint density at radius 3 is 2.84 bits per heavy atom. The second-order valence-electron chi connectivity index (χ2n) is 5.83. The van der Waals surface area contributed by atoms with Crippen molar-refractivity contribution in [2.75, 3.05) is 12.8 Å². The maximum Gasteiger partial charge on any atom is 0.256 e. The average Bonchev–Trinajstić information content (AvgIpc) is 2.95. The number of hydrogen-bond donors (Lipinski definition) is 0. The molecule has 1 aromatic carbocycles. The van der Waals surface area contributed by atoms with E-state index in [1.54, 1.807) is 24.1 Å². The highest BCUT2D eigenvalue weighted by Gasteiger charge is 2.15. The molecule has 0 aliphatic heterocycles. The zero-order valence-corrected chi connectivity index (χ0v) is 15.0. The molecule has 2 aromatic heterocycles. The Balaban J connectivity index is 1.66. The van der Waals surface area contributed by atoms with Crippen LogP contribution in [0.25, 0.3) is 5.78 Å². The molecule has 0 radical (unpaired) electrons. The maximum atomic E-state index is 13.2. The molecule has 0 atom stereocenters. The van der Waals surface area contributed by atoms with Crippen LogP contribution in [0.1, 0.15) is 17.0 Å². The molecule has 0 aliphatic carbocycles. The van der Waals surface area contributed by atoms with Gasteiger partial charge in [-0.15, -0.1) is 10.2 Å². The van der Waals surface area contributed by atoms with Gasteiger partial charge < -0.3 is 4.90 Å². The Morgan fingerprint density at radius 2 is 2.08 bits per heavy atom. The van der Waals surface area contributed by atoms with Crippen LogP contribution in [0.3, 0.4) is 0 Å². The van der Waals surface area contributed by atoms with Gasteiger partial charge in [0.2, 0.25) is 5.91 Å². The van der Waals surface area contributed by atoms with Gasteiger partial charge in [0.25, 0.3) is 5.78 Å². The van der Waals surface area contributed by atoms with E-state index in [0.717, 1.165) is 17.0 Å². The van der Waals surface area contributed by atoms with Crippen molar-refractivity contribution in [1.82, 2.24) is 24.5 Å². The normalized spacial score (nSPS) is 11.0. The van der Waals surface area contributed by atoms with E-state index in [0.29, 0.717) is 17.5 Å². The summed E-state index contributed by atoms with van der Waals surface area (Å²) in [4.78, 5) is 18.2. The van der Waals surface area contributed by atoms with Gasteiger partial charge in [-0.3, -0.25) is 9.20 Å². The lowest BCUT2D eigenvalue weighted by molar-refractivity contribution is -0.127. The average molecular weight is 359 g/mol. The molecule has 0 fully saturated rings. The molecule has 2 heterocycles. The summed E-state index contributed by atoms with van der Waals surface area (Å²) in [6.45, 7) is 4.21. The van der Waals surface area contributed by atoms with Crippen molar-refractivity contribution in [3.8, 4) is 0 Å². The van der Waals surface area contributed by atoms with Crippen molar-refractivity contribution in [2.24, 2.45) is 0 Å². The van der Waals surface area contributed by atoms with E-state index in [1.807, 2.05) is 24.3 Å². The minimum atomic E-state index is -0.305. The summed E-state index contributed by atoms with van der Waals surface area (Å²) in [6.07, 6.45) is 0. The molecule has 0 spiro atoms. The quantitative estimate of drug-likeness (QED) is 0.655. The van der Waals surface area contributed by atoms with Crippen LogP contribution in [0, 0.1) is 19.7 Å². The molecule has 0 saturated heterocycles. The van der Waals surface area contributed by atoms with Gasteiger partial charge in [-0.25, -0.2) is 9.37 Å². The van der Waals surface area contributed by atoms with Gasteiger partial charge in [-0.2, -0.15) is 0 Å². The van der Waals surface area contributed by atoms with Crippen molar-refractivity contribution in [3.05, 3.63) is 53.1 Å². The topological polar surface area (TPSA) is 63.4 Å². The van der Waals surface area contributed by atoms with Crippen molar-refractivity contribution in [3.63, 3.8) is 0 Å². The molecule has 6 nitrogen and oxygen atoms in total. The number of carbonyl (C=O) groups excluding carboxylic acids is 1. The Bertz CT molecular complexity index is 927. The predicted molar refractivity (Wildman–Crippen MR) is 93.9 cm³/mol. The number of aryl methyl sites for hydroxylation is 2. The molecular formula is C17H18FN5OS. The summed E-state index contributed by atoms with van der Waals surface area (Å²) < 4.78 is 15.1. The van der Waals surface area contributed by atoms with Crippen LogP contribution in [-0.4, -0.2) is 43.2 Å². The molecule has 0 N–H and O–H groups in total. The number of halogens is 1. The Hall–Kier alpha value is -2.48. The van der Waals surface area contributed by atoms with E-state index < -0.39 is 0 Å². The molecule has 0 bridgehead atoms. The van der Waals surface area contributed by atoms with Crippen LogP contribution in [0.2, 0.25) is 0 Å². The molecule has 3 rings (SSSR count). The predicted octanol–water partition coefficient (Wildman–Crippen LogP) is 2.63. The van der Waals surface area contributed by atoms with Gasteiger partial charge in [0, 0.05) is 25.0 Å². The number of benzene rings is 1. The van der Waals surface area contributed by atoms with E-state index >= 15 is 0 Å². The minimum absolute atomic E-state index is 0.0660.